The minimum absolute atomic E-state index is 0.195. The molecule has 104 valence electrons. The number of fused-ring (bicyclic) bond motifs is 1. The first kappa shape index (κ1) is 12.8. The van der Waals surface area contributed by atoms with E-state index in [0.717, 1.165) is 0 Å². The molecule has 7 heteroatoms. The highest BCUT2D eigenvalue weighted by atomic mass is 35.5. The van der Waals surface area contributed by atoms with E-state index in [-0.39, 0.29) is 12.7 Å². The van der Waals surface area contributed by atoms with Crippen LogP contribution < -0.4 is 14.8 Å². The number of carbonyl (C=O) groups is 1. The van der Waals surface area contributed by atoms with Crippen LogP contribution in [0.15, 0.2) is 18.2 Å². The van der Waals surface area contributed by atoms with E-state index in [9.17, 15) is 4.79 Å². The van der Waals surface area contributed by atoms with Crippen molar-refractivity contribution in [3.63, 3.8) is 0 Å². The molecule has 1 N–H and O–H groups in total. The topological polar surface area (TPSA) is 65.4 Å². The lowest BCUT2D eigenvalue weighted by Crippen LogP contribution is -2.13. The van der Waals surface area contributed by atoms with Crippen LogP contribution in [0.25, 0.3) is 0 Å². The van der Waals surface area contributed by atoms with Crippen LogP contribution in [0, 0.1) is 6.92 Å². The average molecular weight is 294 g/mol. The van der Waals surface area contributed by atoms with E-state index in [4.69, 9.17) is 21.1 Å². The number of amides is 1. The molecule has 2 aromatic rings. The average Bonchev–Trinajstić information content (AvgIpc) is 2.94. The fourth-order valence-corrected chi connectivity index (χ4v) is 2.32. The van der Waals surface area contributed by atoms with Crippen LogP contribution in [0.4, 0.5) is 5.69 Å². The maximum atomic E-state index is 12.2. The third kappa shape index (κ3) is 2.08. The lowest BCUT2D eigenvalue weighted by atomic mass is 10.2. The SMILES string of the molecule is Cc1nn(C)c(Cl)c1C(=O)Nc1ccc2c(c1)OCO2. The van der Waals surface area contributed by atoms with Gasteiger partial charge in [0.1, 0.15) is 5.15 Å². The van der Waals surface area contributed by atoms with Crippen molar-refractivity contribution in [1.82, 2.24) is 9.78 Å². The second-order valence-corrected chi connectivity index (χ2v) is 4.76. The molecule has 0 bridgehead atoms. The number of benzene rings is 1. The van der Waals surface area contributed by atoms with Crippen LogP contribution in [0.2, 0.25) is 5.15 Å². The molecule has 2 heterocycles. The Labute approximate surface area is 120 Å². The number of hydrogen-bond acceptors (Lipinski definition) is 4. The Morgan fingerprint density at radius 3 is 2.85 bits per heavy atom. The fraction of sp³-hybridized carbons (Fsp3) is 0.231. The number of hydrogen-bond donors (Lipinski definition) is 1. The number of halogens is 1. The largest absolute Gasteiger partial charge is 0.454 e. The molecular formula is C13H12ClN3O3. The van der Waals surface area contributed by atoms with Gasteiger partial charge in [-0.2, -0.15) is 5.10 Å². The second-order valence-electron chi connectivity index (χ2n) is 4.40. The third-order valence-corrected chi connectivity index (χ3v) is 3.44. The molecule has 0 aliphatic carbocycles. The van der Waals surface area contributed by atoms with E-state index in [2.05, 4.69) is 10.4 Å². The van der Waals surface area contributed by atoms with Gasteiger partial charge in [-0.15, -0.1) is 0 Å². The van der Waals surface area contributed by atoms with Crippen molar-refractivity contribution in [3.8, 4) is 11.5 Å². The normalized spacial score (nSPS) is 12.6. The molecule has 0 atom stereocenters. The number of nitrogens with one attached hydrogen (secondary N) is 1. The molecule has 1 aromatic heterocycles. The Hall–Kier alpha value is -2.21. The molecule has 6 nitrogen and oxygen atoms in total. The van der Waals surface area contributed by atoms with E-state index in [1.54, 1.807) is 32.2 Å². The standard InChI is InChI=1S/C13H12ClN3O3/c1-7-11(12(14)17(2)16-7)13(18)15-8-3-4-9-10(5-8)20-6-19-9/h3-5H,6H2,1-2H3,(H,15,18). The lowest BCUT2D eigenvalue weighted by molar-refractivity contribution is 0.102. The maximum Gasteiger partial charge on any atom is 0.260 e. The van der Waals surface area contributed by atoms with Crippen molar-refractivity contribution < 1.29 is 14.3 Å². The number of anilines is 1. The van der Waals surface area contributed by atoms with Gasteiger partial charge < -0.3 is 14.8 Å². The zero-order valence-electron chi connectivity index (χ0n) is 10.9. The Kier molecular flexibility index (Phi) is 3.02. The molecule has 0 saturated carbocycles. The molecule has 0 fully saturated rings. The van der Waals surface area contributed by atoms with Crippen molar-refractivity contribution in [1.29, 1.82) is 0 Å². The molecule has 0 radical (unpaired) electrons. The Bertz CT molecular complexity index is 696. The zero-order valence-corrected chi connectivity index (χ0v) is 11.7. The molecule has 1 aliphatic heterocycles. The van der Waals surface area contributed by atoms with Crippen LogP contribution in [-0.2, 0) is 7.05 Å². The first-order valence-corrected chi connectivity index (χ1v) is 6.34. The molecule has 0 spiro atoms. The van der Waals surface area contributed by atoms with Crippen molar-refractivity contribution in [3.05, 3.63) is 34.6 Å². The molecular weight excluding hydrogens is 282 g/mol. The first-order valence-electron chi connectivity index (χ1n) is 5.96. The van der Waals surface area contributed by atoms with E-state index in [1.165, 1.54) is 4.68 Å². The molecule has 0 saturated heterocycles. The second kappa shape index (κ2) is 4.72. The monoisotopic (exact) mass is 293 g/mol. The van der Waals surface area contributed by atoms with Crippen molar-refractivity contribution in [2.24, 2.45) is 7.05 Å². The minimum Gasteiger partial charge on any atom is -0.454 e. The Morgan fingerprint density at radius 1 is 1.40 bits per heavy atom. The summed E-state index contributed by atoms with van der Waals surface area (Å²) < 4.78 is 11.9. The van der Waals surface area contributed by atoms with Crippen LogP contribution in [-0.4, -0.2) is 22.5 Å². The van der Waals surface area contributed by atoms with Crippen molar-refractivity contribution in [2.75, 3.05) is 12.1 Å². The highest BCUT2D eigenvalue weighted by Gasteiger charge is 2.20. The van der Waals surface area contributed by atoms with Gasteiger partial charge in [-0.25, -0.2) is 0 Å². The van der Waals surface area contributed by atoms with Gasteiger partial charge in [-0.05, 0) is 19.1 Å². The van der Waals surface area contributed by atoms with Gasteiger partial charge in [0.05, 0.1) is 11.3 Å². The molecule has 1 aromatic carbocycles. The number of aromatic nitrogens is 2. The number of ether oxygens (including phenoxy) is 2. The summed E-state index contributed by atoms with van der Waals surface area (Å²) in [4.78, 5) is 12.2. The van der Waals surface area contributed by atoms with Gasteiger partial charge in [0.15, 0.2) is 11.5 Å². The summed E-state index contributed by atoms with van der Waals surface area (Å²) in [5, 5.41) is 7.19. The quantitative estimate of drug-likeness (QED) is 0.923. The van der Waals surface area contributed by atoms with E-state index in [0.29, 0.717) is 33.6 Å². The third-order valence-electron chi connectivity index (χ3n) is 3.01. The Balaban J connectivity index is 1.86. The minimum atomic E-state index is -0.306. The van der Waals surface area contributed by atoms with E-state index in [1.807, 2.05) is 0 Å². The van der Waals surface area contributed by atoms with E-state index >= 15 is 0 Å². The summed E-state index contributed by atoms with van der Waals surface area (Å²) >= 11 is 6.06. The van der Waals surface area contributed by atoms with Gasteiger partial charge in [0.2, 0.25) is 6.79 Å². The van der Waals surface area contributed by atoms with Gasteiger partial charge >= 0.3 is 0 Å². The summed E-state index contributed by atoms with van der Waals surface area (Å²) in [5.74, 6) is 0.967. The number of aryl methyl sites for hydroxylation is 2. The summed E-state index contributed by atoms with van der Waals surface area (Å²) in [6.45, 7) is 1.93. The number of carbonyl (C=O) groups excluding carboxylic acids is 1. The molecule has 3 rings (SSSR count). The van der Waals surface area contributed by atoms with Crippen LogP contribution >= 0.6 is 11.6 Å². The molecule has 1 aliphatic rings. The number of nitrogens with zero attached hydrogens (tertiary/aromatic N) is 2. The summed E-state index contributed by atoms with van der Waals surface area (Å²) in [5.41, 5.74) is 1.56. The zero-order chi connectivity index (χ0) is 14.3. The highest BCUT2D eigenvalue weighted by Crippen LogP contribution is 2.34. The van der Waals surface area contributed by atoms with Crippen LogP contribution in [0.3, 0.4) is 0 Å². The van der Waals surface area contributed by atoms with Crippen molar-refractivity contribution >= 4 is 23.2 Å². The smallest absolute Gasteiger partial charge is 0.260 e. The Morgan fingerprint density at radius 2 is 2.15 bits per heavy atom. The van der Waals surface area contributed by atoms with Gasteiger partial charge in [-0.3, -0.25) is 9.48 Å². The summed E-state index contributed by atoms with van der Waals surface area (Å²) in [6.07, 6.45) is 0. The molecule has 20 heavy (non-hydrogen) atoms. The van der Waals surface area contributed by atoms with Crippen LogP contribution in [0.5, 0.6) is 11.5 Å². The maximum absolute atomic E-state index is 12.2. The molecule has 1 amide bonds. The fourth-order valence-electron chi connectivity index (χ4n) is 2.06. The predicted octanol–water partition coefficient (Wildman–Crippen LogP) is 2.36. The summed E-state index contributed by atoms with van der Waals surface area (Å²) in [6, 6.07) is 5.19. The van der Waals surface area contributed by atoms with E-state index < -0.39 is 0 Å². The predicted molar refractivity (Wildman–Crippen MR) is 73.5 cm³/mol. The van der Waals surface area contributed by atoms with Gasteiger partial charge in [0.25, 0.3) is 5.91 Å². The van der Waals surface area contributed by atoms with Crippen molar-refractivity contribution in [2.45, 2.75) is 6.92 Å². The highest BCUT2D eigenvalue weighted by molar-refractivity contribution is 6.33. The summed E-state index contributed by atoms with van der Waals surface area (Å²) in [7, 11) is 1.69. The van der Waals surface area contributed by atoms with Crippen LogP contribution in [0.1, 0.15) is 16.1 Å². The molecule has 0 unspecified atom stereocenters. The lowest BCUT2D eigenvalue weighted by Gasteiger charge is -2.06. The first-order chi connectivity index (χ1) is 9.56. The van der Waals surface area contributed by atoms with Gasteiger partial charge in [-0.1, -0.05) is 11.6 Å². The number of rotatable bonds is 2. The van der Waals surface area contributed by atoms with Gasteiger partial charge in [0, 0.05) is 18.8 Å².